The number of carbonyl (C=O) groups is 2. The van der Waals surface area contributed by atoms with Crippen LogP contribution in [0.3, 0.4) is 0 Å². The number of carbonyl (C=O) groups excluding carboxylic acids is 2. The molecule has 0 aromatic heterocycles. The Morgan fingerprint density at radius 2 is 1.41 bits per heavy atom. The lowest BCUT2D eigenvalue weighted by Gasteiger charge is -2.15. The third-order valence-corrected chi connectivity index (χ3v) is 4.12. The fourth-order valence-corrected chi connectivity index (χ4v) is 2.62. The normalized spacial score (nSPS) is 11.5. The summed E-state index contributed by atoms with van der Waals surface area (Å²) in [4.78, 5) is 34.5. The van der Waals surface area contributed by atoms with Crippen LogP contribution in [0.5, 0.6) is 11.5 Å². The number of alkyl halides is 6. The number of methoxy groups -OCH3 is 2. The Kier molecular flexibility index (Phi) is 7.59. The van der Waals surface area contributed by atoms with Gasteiger partial charge in [-0.05, 0) is 18.2 Å². The second-order valence-electron chi connectivity index (χ2n) is 6.40. The predicted octanol–water partition coefficient (Wildman–Crippen LogP) is 4.45. The largest absolute Gasteiger partial charge is 0.493 e. The zero-order valence-electron chi connectivity index (χ0n) is 17.2. The molecule has 2 aromatic rings. The molecule has 0 aliphatic rings. The molecule has 184 valence electrons. The second kappa shape index (κ2) is 9.84. The SMILES string of the molecule is COc1cc(C(=O)OCC(=O)Nc2cc(C(F)(F)F)cc(C(F)(F)F)c2)c([N+](=O)[O-])cc1OC. The molecule has 34 heavy (non-hydrogen) atoms. The van der Waals surface area contributed by atoms with Gasteiger partial charge in [-0.3, -0.25) is 14.9 Å². The molecule has 0 radical (unpaired) electrons. The van der Waals surface area contributed by atoms with Crippen molar-refractivity contribution in [2.75, 3.05) is 26.1 Å². The van der Waals surface area contributed by atoms with E-state index in [0.29, 0.717) is 0 Å². The standard InChI is InChI=1S/C19H14F6N2O7/c1-32-14-6-12(13(27(30)31)7-15(14)33-2)17(29)34-8-16(28)26-11-4-9(18(20,21)22)3-10(5-11)19(23,24)25/h3-7H,8H2,1-2H3,(H,26,28). The molecule has 9 nitrogen and oxygen atoms in total. The minimum atomic E-state index is -5.14. The number of rotatable bonds is 7. The zero-order chi connectivity index (χ0) is 25.8. The highest BCUT2D eigenvalue weighted by molar-refractivity contribution is 5.98. The van der Waals surface area contributed by atoms with Gasteiger partial charge in [0, 0.05) is 11.8 Å². The van der Waals surface area contributed by atoms with Crippen molar-refractivity contribution >= 4 is 23.3 Å². The quantitative estimate of drug-likeness (QED) is 0.261. The van der Waals surface area contributed by atoms with E-state index >= 15 is 0 Å². The highest BCUT2D eigenvalue weighted by Crippen LogP contribution is 2.38. The van der Waals surface area contributed by atoms with Gasteiger partial charge in [0.25, 0.3) is 11.6 Å². The van der Waals surface area contributed by atoms with Crippen molar-refractivity contribution in [2.24, 2.45) is 0 Å². The van der Waals surface area contributed by atoms with E-state index in [9.17, 15) is 46.0 Å². The van der Waals surface area contributed by atoms with E-state index in [4.69, 9.17) is 9.47 Å². The molecule has 0 atom stereocenters. The second-order valence-corrected chi connectivity index (χ2v) is 6.40. The molecular formula is C19H14F6N2O7. The van der Waals surface area contributed by atoms with E-state index in [1.54, 1.807) is 5.32 Å². The van der Waals surface area contributed by atoms with Crippen LogP contribution in [0.25, 0.3) is 0 Å². The number of nitrogens with zero attached hydrogens (tertiary/aromatic N) is 1. The number of nitrogens with one attached hydrogen (secondary N) is 1. The number of halogens is 6. The third-order valence-electron chi connectivity index (χ3n) is 4.12. The van der Waals surface area contributed by atoms with Crippen molar-refractivity contribution in [2.45, 2.75) is 12.4 Å². The van der Waals surface area contributed by atoms with Crippen molar-refractivity contribution in [3.8, 4) is 11.5 Å². The first-order valence-electron chi connectivity index (χ1n) is 8.84. The molecular weight excluding hydrogens is 482 g/mol. The van der Waals surface area contributed by atoms with Crippen LogP contribution < -0.4 is 14.8 Å². The third kappa shape index (κ3) is 6.26. The van der Waals surface area contributed by atoms with Gasteiger partial charge in [-0.1, -0.05) is 0 Å². The van der Waals surface area contributed by atoms with Gasteiger partial charge in [-0.15, -0.1) is 0 Å². The van der Waals surface area contributed by atoms with E-state index in [-0.39, 0.29) is 29.7 Å². The summed E-state index contributed by atoms with van der Waals surface area (Å²) < 4.78 is 91.9. The Balaban J connectivity index is 2.23. The molecule has 2 rings (SSSR count). The molecule has 1 amide bonds. The van der Waals surface area contributed by atoms with Crippen molar-refractivity contribution in [3.05, 3.63) is 57.1 Å². The minimum Gasteiger partial charge on any atom is -0.493 e. The van der Waals surface area contributed by atoms with Gasteiger partial charge in [0.05, 0.1) is 36.3 Å². The average Bonchev–Trinajstić information content (AvgIpc) is 2.74. The first-order valence-corrected chi connectivity index (χ1v) is 8.84. The predicted molar refractivity (Wildman–Crippen MR) is 102 cm³/mol. The summed E-state index contributed by atoms with van der Waals surface area (Å²) >= 11 is 0. The first kappa shape index (κ1) is 26.2. The number of hydrogen-bond acceptors (Lipinski definition) is 7. The number of amides is 1. The molecule has 0 saturated carbocycles. The van der Waals surface area contributed by atoms with Crippen LogP contribution >= 0.6 is 0 Å². The van der Waals surface area contributed by atoms with Crippen molar-refractivity contribution in [1.29, 1.82) is 0 Å². The fraction of sp³-hybridized carbons (Fsp3) is 0.263. The lowest BCUT2D eigenvalue weighted by atomic mass is 10.1. The Bertz CT molecular complexity index is 1080. The topological polar surface area (TPSA) is 117 Å². The van der Waals surface area contributed by atoms with Crippen LogP contribution in [0, 0.1) is 10.1 Å². The minimum absolute atomic E-state index is 0.0893. The highest BCUT2D eigenvalue weighted by atomic mass is 19.4. The van der Waals surface area contributed by atoms with Gasteiger partial charge in [-0.2, -0.15) is 26.3 Å². The molecule has 0 aliphatic heterocycles. The number of hydrogen-bond donors (Lipinski definition) is 1. The summed E-state index contributed by atoms with van der Waals surface area (Å²) in [5.74, 6) is -2.87. The zero-order valence-corrected chi connectivity index (χ0v) is 17.2. The van der Waals surface area contributed by atoms with E-state index in [0.717, 1.165) is 12.1 Å². The molecule has 15 heteroatoms. The van der Waals surface area contributed by atoms with Crippen LogP contribution in [-0.2, 0) is 21.9 Å². The number of benzene rings is 2. The van der Waals surface area contributed by atoms with Gasteiger partial charge >= 0.3 is 18.3 Å². The molecule has 0 bridgehead atoms. The molecule has 1 N–H and O–H groups in total. The van der Waals surface area contributed by atoms with Gasteiger partial charge in [-0.25, -0.2) is 4.79 Å². The number of nitro benzene ring substituents is 1. The number of nitro groups is 1. The van der Waals surface area contributed by atoms with Gasteiger partial charge in [0.2, 0.25) is 0 Å². The van der Waals surface area contributed by atoms with Crippen LogP contribution in [0.2, 0.25) is 0 Å². The van der Waals surface area contributed by atoms with Crippen molar-refractivity contribution in [3.63, 3.8) is 0 Å². The molecule has 0 fully saturated rings. The van der Waals surface area contributed by atoms with E-state index < -0.39 is 63.8 Å². The number of anilines is 1. The maximum atomic E-state index is 12.9. The Labute approximate surface area is 186 Å². The average molecular weight is 496 g/mol. The molecule has 0 unspecified atom stereocenters. The Morgan fingerprint density at radius 3 is 1.85 bits per heavy atom. The summed E-state index contributed by atoms with van der Waals surface area (Å²) in [7, 11) is 2.36. The Hall–Kier alpha value is -4.04. The van der Waals surface area contributed by atoms with Gasteiger partial charge in [0.15, 0.2) is 18.1 Å². The summed E-state index contributed by atoms with van der Waals surface area (Å²) in [6, 6.07) is 2.14. The van der Waals surface area contributed by atoms with Crippen LogP contribution in [0.15, 0.2) is 30.3 Å². The lowest BCUT2D eigenvalue weighted by Crippen LogP contribution is -2.22. The number of ether oxygens (including phenoxy) is 3. The van der Waals surface area contributed by atoms with Gasteiger partial charge in [0.1, 0.15) is 5.56 Å². The lowest BCUT2D eigenvalue weighted by molar-refractivity contribution is -0.385. The molecule has 0 saturated heterocycles. The first-order chi connectivity index (χ1) is 15.7. The highest BCUT2D eigenvalue weighted by Gasteiger charge is 2.37. The molecule has 0 heterocycles. The van der Waals surface area contributed by atoms with Crippen LogP contribution in [0.4, 0.5) is 37.7 Å². The van der Waals surface area contributed by atoms with Crippen LogP contribution in [0.1, 0.15) is 21.5 Å². The van der Waals surface area contributed by atoms with Crippen molar-refractivity contribution in [1.82, 2.24) is 0 Å². The summed E-state index contributed by atoms with van der Waals surface area (Å²) in [6.45, 7) is -1.18. The van der Waals surface area contributed by atoms with E-state index in [1.807, 2.05) is 0 Å². The molecule has 2 aromatic carbocycles. The Morgan fingerprint density at radius 1 is 0.912 bits per heavy atom. The molecule has 0 aliphatic carbocycles. The summed E-state index contributed by atoms with van der Waals surface area (Å²) in [5.41, 5.74) is -5.61. The monoisotopic (exact) mass is 496 g/mol. The maximum Gasteiger partial charge on any atom is 0.416 e. The van der Waals surface area contributed by atoms with Crippen molar-refractivity contribution < 1.29 is 55.1 Å². The molecule has 0 spiro atoms. The van der Waals surface area contributed by atoms with E-state index in [2.05, 4.69) is 4.74 Å². The summed E-state index contributed by atoms with van der Waals surface area (Å²) in [6.07, 6.45) is -10.3. The van der Waals surface area contributed by atoms with E-state index in [1.165, 1.54) is 14.2 Å². The van der Waals surface area contributed by atoms with Gasteiger partial charge < -0.3 is 19.5 Å². The smallest absolute Gasteiger partial charge is 0.416 e. The maximum absolute atomic E-state index is 12.9. The summed E-state index contributed by atoms with van der Waals surface area (Å²) in [5, 5.41) is 13.0. The number of esters is 1. The van der Waals surface area contributed by atoms with Crippen LogP contribution in [-0.4, -0.2) is 37.6 Å². The fourth-order valence-electron chi connectivity index (χ4n) is 2.62.